The molecule has 1 saturated heterocycles. The minimum Gasteiger partial charge on any atom is -0.464 e. The van der Waals surface area contributed by atoms with E-state index >= 15 is 0 Å². The number of amides is 2. The first kappa shape index (κ1) is 18.9. The average molecular weight is 392 g/mol. The van der Waals surface area contributed by atoms with Crippen LogP contribution in [-0.4, -0.2) is 41.2 Å². The molecule has 2 amide bonds. The molecule has 2 aromatic carbocycles. The van der Waals surface area contributed by atoms with Crippen LogP contribution in [0.1, 0.15) is 22.3 Å². The monoisotopic (exact) mass is 392 g/mol. The van der Waals surface area contributed by atoms with Crippen LogP contribution in [0.5, 0.6) is 0 Å². The topological polar surface area (TPSA) is 53.8 Å². The Balaban J connectivity index is 1.42. The van der Waals surface area contributed by atoms with E-state index in [0.717, 1.165) is 16.9 Å². The Labute approximate surface area is 168 Å². The molecule has 0 saturated carbocycles. The molecule has 6 heteroatoms. The molecule has 5 nitrogen and oxygen atoms in total. The lowest BCUT2D eigenvalue weighted by Gasteiger charge is -2.22. The summed E-state index contributed by atoms with van der Waals surface area (Å²) in [5.74, 6) is 0.297. The van der Waals surface area contributed by atoms with E-state index in [-0.39, 0.29) is 24.1 Å². The average Bonchev–Trinajstić information content (AvgIpc) is 3.21. The van der Waals surface area contributed by atoms with Gasteiger partial charge in [-0.05, 0) is 42.0 Å². The van der Waals surface area contributed by atoms with E-state index in [1.165, 1.54) is 12.1 Å². The van der Waals surface area contributed by atoms with Gasteiger partial charge in [0.25, 0.3) is 5.91 Å². The summed E-state index contributed by atoms with van der Waals surface area (Å²) >= 11 is 0. The van der Waals surface area contributed by atoms with Crippen molar-refractivity contribution < 1.29 is 18.4 Å². The van der Waals surface area contributed by atoms with E-state index in [9.17, 15) is 14.0 Å². The third kappa shape index (κ3) is 4.37. The number of carbonyl (C=O) groups excluding carboxylic acids is 2. The van der Waals surface area contributed by atoms with Crippen LogP contribution in [0.4, 0.5) is 4.39 Å². The largest absolute Gasteiger partial charge is 0.464 e. The van der Waals surface area contributed by atoms with Gasteiger partial charge in [0.2, 0.25) is 5.91 Å². The first-order valence-corrected chi connectivity index (χ1v) is 9.55. The molecular weight excluding hydrogens is 371 g/mol. The Morgan fingerprint density at radius 1 is 1.00 bits per heavy atom. The molecule has 148 valence electrons. The summed E-state index contributed by atoms with van der Waals surface area (Å²) in [6, 6.07) is 17.2. The van der Waals surface area contributed by atoms with Crippen LogP contribution in [0.15, 0.2) is 71.3 Å². The third-order valence-electron chi connectivity index (χ3n) is 5.08. The molecule has 1 aliphatic heterocycles. The lowest BCUT2D eigenvalue weighted by molar-refractivity contribution is -0.130. The van der Waals surface area contributed by atoms with Crippen LogP contribution in [0, 0.1) is 5.82 Å². The molecule has 0 unspecified atom stereocenters. The quantitative estimate of drug-likeness (QED) is 0.675. The maximum atomic E-state index is 13.4. The Kier molecular flexibility index (Phi) is 5.42. The van der Waals surface area contributed by atoms with Crippen LogP contribution in [-0.2, 0) is 11.3 Å². The summed E-state index contributed by atoms with van der Waals surface area (Å²) in [5.41, 5.74) is 2.22. The summed E-state index contributed by atoms with van der Waals surface area (Å²) < 4.78 is 18.8. The lowest BCUT2D eigenvalue weighted by atomic mass is 10.1. The minimum atomic E-state index is -0.320. The number of hydrogen-bond acceptors (Lipinski definition) is 3. The molecule has 0 radical (unpaired) electrons. The van der Waals surface area contributed by atoms with Crippen molar-refractivity contribution >= 4 is 11.8 Å². The fourth-order valence-electron chi connectivity index (χ4n) is 3.50. The second-order valence-electron chi connectivity index (χ2n) is 7.04. The van der Waals surface area contributed by atoms with E-state index < -0.39 is 0 Å². The Morgan fingerprint density at radius 2 is 1.83 bits per heavy atom. The minimum absolute atomic E-state index is 0.0299. The van der Waals surface area contributed by atoms with E-state index in [4.69, 9.17) is 4.42 Å². The van der Waals surface area contributed by atoms with Gasteiger partial charge in [-0.2, -0.15) is 0 Å². The van der Waals surface area contributed by atoms with Crippen molar-refractivity contribution in [3.05, 3.63) is 83.9 Å². The number of halogens is 1. The molecule has 1 aromatic heterocycles. The predicted octanol–water partition coefficient (Wildman–Crippen LogP) is 3.96. The predicted molar refractivity (Wildman–Crippen MR) is 106 cm³/mol. The first-order chi connectivity index (χ1) is 14.1. The SMILES string of the molecule is O=C1CCN(C(=O)c2ccc(-c3ccco3)cc2)CCN1Cc1cccc(F)c1. The number of furan rings is 1. The highest BCUT2D eigenvalue weighted by Gasteiger charge is 2.24. The highest BCUT2D eigenvalue weighted by atomic mass is 19.1. The van der Waals surface area contributed by atoms with Gasteiger partial charge in [-0.1, -0.05) is 24.3 Å². The van der Waals surface area contributed by atoms with Crippen molar-refractivity contribution in [2.75, 3.05) is 19.6 Å². The molecule has 1 fully saturated rings. The van der Waals surface area contributed by atoms with Crippen molar-refractivity contribution in [2.24, 2.45) is 0 Å². The summed E-state index contributed by atoms with van der Waals surface area (Å²) in [4.78, 5) is 28.7. The molecule has 2 heterocycles. The Morgan fingerprint density at radius 3 is 2.55 bits per heavy atom. The van der Waals surface area contributed by atoms with E-state index in [1.807, 2.05) is 24.3 Å². The van der Waals surface area contributed by atoms with Gasteiger partial charge >= 0.3 is 0 Å². The zero-order valence-corrected chi connectivity index (χ0v) is 15.9. The number of benzene rings is 2. The normalized spacial score (nSPS) is 14.7. The number of carbonyl (C=O) groups is 2. The zero-order chi connectivity index (χ0) is 20.2. The second-order valence-corrected chi connectivity index (χ2v) is 7.04. The molecule has 29 heavy (non-hydrogen) atoms. The van der Waals surface area contributed by atoms with Crippen LogP contribution < -0.4 is 0 Å². The first-order valence-electron chi connectivity index (χ1n) is 9.55. The van der Waals surface area contributed by atoms with Crippen molar-refractivity contribution in [3.63, 3.8) is 0 Å². The fraction of sp³-hybridized carbons (Fsp3) is 0.217. The van der Waals surface area contributed by atoms with Crippen molar-refractivity contribution in [1.29, 1.82) is 0 Å². The lowest BCUT2D eigenvalue weighted by Crippen LogP contribution is -2.35. The summed E-state index contributed by atoms with van der Waals surface area (Å²) in [6.07, 6.45) is 1.86. The van der Waals surface area contributed by atoms with E-state index in [2.05, 4.69) is 0 Å². The van der Waals surface area contributed by atoms with Crippen LogP contribution in [0.3, 0.4) is 0 Å². The molecule has 1 aliphatic rings. The van der Waals surface area contributed by atoms with E-state index in [1.54, 1.807) is 40.3 Å². The van der Waals surface area contributed by atoms with Crippen molar-refractivity contribution in [1.82, 2.24) is 9.80 Å². The summed E-state index contributed by atoms with van der Waals surface area (Å²) in [7, 11) is 0. The van der Waals surface area contributed by atoms with Gasteiger partial charge in [0.05, 0.1) is 6.26 Å². The second kappa shape index (κ2) is 8.31. The highest BCUT2D eigenvalue weighted by Crippen LogP contribution is 2.21. The Hall–Kier alpha value is -3.41. The van der Waals surface area contributed by atoms with Crippen LogP contribution >= 0.6 is 0 Å². The smallest absolute Gasteiger partial charge is 0.253 e. The van der Waals surface area contributed by atoms with Gasteiger partial charge in [0.15, 0.2) is 0 Å². The van der Waals surface area contributed by atoms with Gasteiger partial charge in [-0.15, -0.1) is 0 Å². The molecule has 0 bridgehead atoms. The molecular formula is C23H21FN2O3. The third-order valence-corrected chi connectivity index (χ3v) is 5.08. The maximum Gasteiger partial charge on any atom is 0.253 e. The summed E-state index contributed by atoms with van der Waals surface area (Å²) in [6.45, 7) is 1.58. The molecule has 0 atom stereocenters. The van der Waals surface area contributed by atoms with E-state index in [0.29, 0.717) is 31.7 Å². The molecule has 0 aliphatic carbocycles. The van der Waals surface area contributed by atoms with Gasteiger partial charge < -0.3 is 14.2 Å². The van der Waals surface area contributed by atoms with Gasteiger partial charge in [0, 0.05) is 43.7 Å². The number of hydrogen-bond donors (Lipinski definition) is 0. The molecule has 3 aromatic rings. The molecule has 4 rings (SSSR count). The molecule has 0 spiro atoms. The molecule has 0 N–H and O–H groups in total. The van der Waals surface area contributed by atoms with Gasteiger partial charge in [-0.3, -0.25) is 9.59 Å². The number of nitrogens with zero attached hydrogens (tertiary/aromatic N) is 2. The van der Waals surface area contributed by atoms with Gasteiger partial charge in [-0.25, -0.2) is 4.39 Å². The fourth-order valence-corrected chi connectivity index (χ4v) is 3.50. The van der Waals surface area contributed by atoms with Crippen LogP contribution in [0.25, 0.3) is 11.3 Å². The Bertz CT molecular complexity index is 999. The van der Waals surface area contributed by atoms with Crippen LogP contribution in [0.2, 0.25) is 0 Å². The highest BCUT2D eigenvalue weighted by molar-refractivity contribution is 5.95. The maximum absolute atomic E-state index is 13.4. The summed E-state index contributed by atoms with van der Waals surface area (Å²) in [5, 5.41) is 0. The zero-order valence-electron chi connectivity index (χ0n) is 15.9. The standard InChI is InChI=1S/C23H21FN2O3/c24-20-4-1-3-17(15-20)16-26-13-12-25(11-10-22(26)27)23(28)19-8-6-18(7-9-19)21-5-2-14-29-21/h1-9,14-15H,10-13,16H2. The van der Waals surface area contributed by atoms with Crippen molar-refractivity contribution in [2.45, 2.75) is 13.0 Å². The van der Waals surface area contributed by atoms with Gasteiger partial charge in [0.1, 0.15) is 11.6 Å². The number of rotatable bonds is 4. The van der Waals surface area contributed by atoms with Crippen molar-refractivity contribution in [3.8, 4) is 11.3 Å².